The van der Waals surface area contributed by atoms with Gasteiger partial charge in [0.05, 0.1) is 5.02 Å². The minimum absolute atomic E-state index is 0.149. The van der Waals surface area contributed by atoms with E-state index in [-0.39, 0.29) is 11.7 Å². The molecule has 0 saturated carbocycles. The Balaban J connectivity index is 2.11. The van der Waals surface area contributed by atoms with E-state index in [0.717, 1.165) is 23.4 Å². The second-order valence-corrected chi connectivity index (χ2v) is 7.01. The van der Waals surface area contributed by atoms with Crippen molar-refractivity contribution < 1.29 is 5.11 Å². The molecular weight excluding hydrogens is 317 g/mol. The molecule has 2 nitrogen and oxygen atoms in total. The maximum Gasteiger partial charge on any atom is 0.134 e. The van der Waals surface area contributed by atoms with Crippen LogP contribution >= 0.6 is 23.2 Å². The van der Waals surface area contributed by atoms with Gasteiger partial charge < -0.3 is 10.0 Å². The molecule has 0 spiro atoms. The number of rotatable bonds is 2. The van der Waals surface area contributed by atoms with Gasteiger partial charge in [0.2, 0.25) is 0 Å². The van der Waals surface area contributed by atoms with Crippen LogP contribution in [0, 0.1) is 0 Å². The molecule has 1 aliphatic rings. The van der Waals surface area contributed by atoms with Crippen LogP contribution in [0.2, 0.25) is 10.0 Å². The molecule has 0 bridgehead atoms. The Morgan fingerprint density at radius 1 is 1.14 bits per heavy atom. The SMILES string of the molecule is CN(C)C1Cc2cc(Cl)c(O)cc2C(c2cccc(Cl)c2)C1. The topological polar surface area (TPSA) is 23.5 Å². The predicted molar refractivity (Wildman–Crippen MR) is 92.2 cm³/mol. The number of hydrogen-bond acceptors (Lipinski definition) is 2. The summed E-state index contributed by atoms with van der Waals surface area (Å²) in [4.78, 5) is 2.25. The Labute approximate surface area is 141 Å². The molecule has 2 aromatic rings. The van der Waals surface area contributed by atoms with E-state index in [1.165, 1.54) is 11.1 Å². The largest absolute Gasteiger partial charge is 0.506 e. The molecular formula is C18H19Cl2NO. The van der Waals surface area contributed by atoms with Crippen molar-refractivity contribution in [3.8, 4) is 5.75 Å². The molecule has 0 saturated heterocycles. The molecule has 3 rings (SSSR count). The third-order valence-electron chi connectivity index (χ3n) is 4.53. The van der Waals surface area contributed by atoms with Crippen LogP contribution in [-0.2, 0) is 6.42 Å². The fourth-order valence-corrected chi connectivity index (χ4v) is 3.67. The van der Waals surface area contributed by atoms with Crippen molar-refractivity contribution in [3.63, 3.8) is 0 Å². The molecule has 116 valence electrons. The normalized spacial score (nSPS) is 21.0. The molecule has 2 aromatic carbocycles. The monoisotopic (exact) mass is 335 g/mol. The van der Waals surface area contributed by atoms with E-state index < -0.39 is 0 Å². The standard InChI is InChI=1S/C18H19Cl2NO/c1-21(2)14-7-12-8-17(20)18(22)10-16(12)15(9-14)11-4-3-5-13(19)6-11/h3-6,8,10,14-15,22H,7,9H2,1-2H3. The van der Waals surface area contributed by atoms with Gasteiger partial charge in [0.25, 0.3) is 0 Å². The summed E-state index contributed by atoms with van der Waals surface area (Å²) >= 11 is 12.3. The van der Waals surface area contributed by atoms with Crippen molar-refractivity contribution in [1.82, 2.24) is 4.90 Å². The van der Waals surface area contributed by atoms with Gasteiger partial charge in [-0.15, -0.1) is 0 Å². The lowest BCUT2D eigenvalue weighted by Crippen LogP contribution is -2.35. The summed E-state index contributed by atoms with van der Waals surface area (Å²) in [6.45, 7) is 0. The lowest BCUT2D eigenvalue weighted by molar-refractivity contribution is 0.258. The lowest BCUT2D eigenvalue weighted by Gasteiger charge is -2.35. The summed E-state index contributed by atoms with van der Waals surface area (Å²) in [5.41, 5.74) is 3.54. The molecule has 1 N–H and O–H groups in total. The number of halogens is 2. The minimum atomic E-state index is 0.149. The molecule has 0 aliphatic heterocycles. The maximum atomic E-state index is 10.0. The average Bonchev–Trinajstić information content (AvgIpc) is 2.47. The zero-order valence-electron chi connectivity index (χ0n) is 12.7. The van der Waals surface area contributed by atoms with Gasteiger partial charge in [-0.05, 0) is 67.9 Å². The van der Waals surface area contributed by atoms with Crippen LogP contribution in [0.3, 0.4) is 0 Å². The lowest BCUT2D eigenvalue weighted by atomic mass is 9.76. The molecule has 0 radical (unpaired) electrons. The van der Waals surface area contributed by atoms with Crippen LogP contribution in [0.5, 0.6) is 5.75 Å². The molecule has 2 unspecified atom stereocenters. The van der Waals surface area contributed by atoms with Gasteiger partial charge >= 0.3 is 0 Å². The van der Waals surface area contributed by atoms with Gasteiger partial charge in [-0.2, -0.15) is 0 Å². The van der Waals surface area contributed by atoms with Crippen molar-refractivity contribution in [2.75, 3.05) is 14.1 Å². The quantitative estimate of drug-likeness (QED) is 0.859. The molecule has 0 fully saturated rings. The fourth-order valence-electron chi connectivity index (χ4n) is 3.29. The van der Waals surface area contributed by atoms with Crippen LogP contribution in [0.1, 0.15) is 29.0 Å². The van der Waals surface area contributed by atoms with Crippen LogP contribution in [0.4, 0.5) is 0 Å². The fraction of sp³-hybridized carbons (Fsp3) is 0.333. The number of phenolic OH excluding ortho intramolecular Hbond substituents is 1. The summed E-state index contributed by atoms with van der Waals surface area (Å²) in [7, 11) is 4.21. The van der Waals surface area contributed by atoms with Crippen molar-refractivity contribution in [1.29, 1.82) is 0 Å². The number of benzene rings is 2. The Kier molecular flexibility index (Phi) is 4.35. The Morgan fingerprint density at radius 2 is 1.91 bits per heavy atom. The first-order chi connectivity index (χ1) is 10.5. The molecule has 0 heterocycles. The zero-order valence-corrected chi connectivity index (χ0v) is 14.2. The summed E-state index contributed by atoms with van der Waals surface area (Å²) in [5.74, 6) is 0.369. The average molecular weight is 336 g/mol. The number of likely N-dealkylation sites (N-methyl/N-ethyl adjacent to an activating group) is 1. The summed E-state index contributed by atoms with van der Waals surface area (Å²) in [5, 5.41) is 11.2. The highest BCUT2D eigenvalue weighted by atomic mass is 35.5. The maximum absolute atomic E-state index is 10.0. The van der Waals surface area contributed by atoms with Crippen LogP contribution < -0.4 is 0 Å². The van der Waals surface area contributed by atoms with E-state index >= 15 is 0 Å². The summed E-state index contributed by atoms with van der Waals surface area (Å²) < 4.78 is 0. The van der Waals surface area contributed by atoms with Gasteiger partial charge in [0.15, 0.2) is 0 Å². The molecule has 1 aliphatic carbocycles. The zero-order chi connectivity index (χ0) is 15.9. The van der Waals surface area contributed by atoms with Crippen LogP contribution in [-0.4, -0.2) is 30.1 Å². The summed E-state index contributed by atoms with van der Waals surface area (Å²) in [6, 6.07) is 12.1. The van der Waals surface area contributed by atoms with Gasteiger partial charge in [0, 0.05) is 17.0 Å². The Hall–Kier alpha value is -1.22. The Bertz CT molecular complexity index is 699. The van der Waals surface area contributed by atoms with Crippen molar-refractivity contribution >= 4 is 23.2 Å². The third kappa shape index (κ3) is 2.96. The summed E-state index contributed by atoms with van der Waals surface area (Å²) in [6.07, 6.45) is 1.95. The van der Waals surface area contributed by atoms with Crippen molar-refractivity contribution in [3.05, 3.63) is 63.1 Å². The van der Waals surface area contributed by atoms with Gasteiger partial charge in [-0.3, -0.25) is 0 Å². The first kappa shape index (κ1) is 15.7. The van der Waals surface area contributed by atoms with E-state index in [1.54, 1.807) is 0 Å². The van der Waals surface area contributed by atoms with Crippen molar-refractivity contribution in [2.24, 2.45) is 0 Å². The number of aromatic hydroxyl groups is 1. The molecule has 22 heavy (non-hydrogen) atoms. The van der Waals surface area contributed by atoms with Gasteiger partial charge in [0.1, 0.15) is 5.75 Å². The minimum Gasteiger partial charge on any atom is -0.506 e. The molecule has 2 atom stereocenters. The first-order valence-electron chi connectivity index (χ1n) is 7.39. The third-order valence-corrected chi connectivity index (χ3v) is 5.07. The smallest absolute Gasteiger partial charge is 0.134 e. The van der Waals surface area contributed by atoms with Crippen molar-refractivity contribution in [2.45, 2.75) is 24.8 Å². The van der Waals surface area contributed by atoms with Gasteiger partial charge in [-0.25, -0.2) is 0 Å². The Morgan fingerprint density at radius 3 is 2.59 bits per heavy atom. The highest BCUT2D eigenvalue weighted by Crippen LogP contribution is 2.42. The van der Waals surface area contributed by atoms with Crippen LogP contribution in [0.15, 0.2) is 36.4 Å². The molecule has 4 heteroatoms. The molecule has 0 amide bonds. The second-order valence-electron chi connectivity index (χ2n) is 6.17. The number of hydrogen-bond donors (Lipinski definition) is 1. The second kappa shape index (κ2) is 6.11. The van der Waals surface area contributed by atoms with E-state index in [0.29, 0.717) is 11.1 Å². The first-order valence-corrected chi connectivity index (χ1v) is 8.14. The van der Waals surface area contributed by atoms with E-state index in [9.17, 15) is 5.11 Å². The highest BCUT2D eigenvalue weighted by Gasteiger charge is 2.30. The predicted octanol–water partition coefficient (Wildman–Crippen LogP) is 4.71. The van der Waals surface area contributed by atoms with E-state index in [2.05, 4.69) is 25.1 Å². The number of phenols is 1. The van der Waals surface area contributed by atoms with E-state index in [4.69, 9.17) is 23.2 Å². The van der Waals surface area contributed by atoms with E-state index in [1.807, 2.05) is 30.3 Å². The number of fused-ring (bicyclic) bond motifs is 1. The molecule has 0 aromatic heterocycles. The highest BCUT2D eigenvalue weighted by molar-refractivity contribution is 6.32. The number of nitrogens with zero attached hydrogens (tertiary/aromatic N) is 1. The van der Waals surface area contributed by atoms with Crippen LogP contribution in [0.25, 0.3) is 0 Å². The van der Waals surface area contributed by atoms with Gasteiger partial charge in [-0.1, -0.05) is 35.3 Å².